The predicted molar refractivity (Wildman–Crippen MR) is 159 cm³/mol. The number of aliphatic carboxylic acids is 3. The molecular formula is C26H46N8O11. The highest BCUT2D eigenvalue weighted by Crippen LogP contribution is 2.10. The fourth-order valence-corrected chi connectivity index (χ4v) is 2.68. The van der Waals surface area contributed by atoms with Gasteiger partial charge in [-0.3, -0.25) is 24.0 Å². The molecule has 2 atom stereocenters. The van der Waals surface area contributed by atoms with Crippen molar-refractivity contribution in [3.8, 4) is 0 Å². The van der Waals surface area contributed by atoms with Crippen molar-refractivity contribution in [2.45, 2.75) is 116 Å². The van der Waals surface area contributed by atoms with Gasteiger partial charge in [0.25, 0.3) is 0 Å². The Morgan fingerprint density at radius 3 is 1.51 bits per heavy atom. The van der Waals surface area contributed by atoms with Crippen molar-refractivity contribution < 1.29 is 53.6 Å². The van der Waals surface area contributed by atoms with E-state index in [1.165, 1.54) is 0 Å². The lowest BCUT2D eigenvalue weighted by Crippen LogP contribution is -2.43. The molecule has 0 unspecified atom stereocenters. The van der Waals surface area contributed by atoms with E-state index in [1.54, 1.807) is 41.5 Å². The number of nitrogens with zero attached hydrogens (tertiary/aromatic N) is 6. The molecule has 1 amide bonds. The molecule has 0 saturated heterocycles. The lowest BCUT2D eigenvalue weighted by atomic mass is 10.1. The standard InChI is InChI=1S/C13H22N4O5.C8H15NO4.C5H9N3O2/c1-13(2,3)22-11(19)8-9(12(20)21)16-10(18)6-4-5-7-15-17-14;1-8(2,3)13-6(10)4-5(9)7(11)12;6-8-7-4-2-1-3-5(9)10/h9H,4-8H2,1-3H3,(H,16,18)(H,20,21);5H,4,9H2,1-3H3,(H,11,12);1-4H2,(H,9,10)/t9-;5-;/m00./s1. The van der Waals surface area contributed by atoms with Crippen LogP contribution in [0.2, 0.25) is 0 Å². The third-order valence-electron chi connectivity index (χ3n) is 4.49. The van der Waals surface area contributed by atoms with Crippen molar-refractivity contribution in [3.63, 3.8) is 0 Å². The van der Waals surface area contributed by atoms with E-state index in [4.69, 9.17) is 41.6 Å². The molecular weight excluding hydrogens is 600 g/mol. The Bertz CT molecular complexity index is 1050. The van der Waals surface area contributed by atoms with Crippen LogP contribution in [0, 0.1) is 0 Å². The molecule has 0 aromatic carbocycles. The topological polar surface area (TPSA) is 317 Å². The molecule has 0 bridgehead atoms. The number of nitrogens with two attached hydrogens (primary N) is 1. The Balaban J connectivity index is -0.000000649. The number of unbranched alkanes of at least 4 members (excludes halogenated alkanes) is 2. The summed E-state index contributed by atoms with van der Waals surface area (Å²) in [5.41, 5.74) is 19.7. The molecule has 19 nitrogen and oxygen atoms in total. The van der Waals surface area contributed by atoms with E-state index in [1.807, 2.05) is 0 Å². The molecule has 0 heterocycles. The van der Waals surface area contributed by atoms with E-state index in [9.17, 15) is 28.8 Å². The predicted octanol–water partition coefficient (Wildman–Crippen LogP) is 3.45. The van der Waals surface area contributed by atoms with Gasteiger partial charge in [-0.1, -0.05) is 10.2 Å². The highest BCUT2D eigenvalue weighted by atomic mass is 16.6. The summed E-state index contributed by atoms with van der Waals surface area (Å²) in [4.78, 5) is 70.6. The molecule has 0 aromatic rings. The van der Waals surface area contributed by atoms with Crippen LogP contribution in [0.15, 0.2) is 10.2 Å². The van der Waals surface area contributed by atoms with E-state index in [0.29, 0.717) is 32.2 Å². The molecule has 0 aliphatic heterocycles. The lowest BCUT2D eigenvalue weighted by molar-refractivity contribution is -0.158. The summed E-state index contributed by atoms with van der Waals surface area (Å²) >= 11 is 0. The van der Waals surface area contributed by atoms with E-state index < -0.39 is 65.5 Å². The number of rotatable bonds is 17. The second kappa shape index (κ2) is 24.8. The largest absolute Gasteiger partial charge is 0.481 e. The quantitative estimate of drug-likeness (QED) is 0.0498. The average molecular weight is 647 g/mol. The van der Waals surface area contributed by atoms with Gasteiger partial charge in [-0.2, -0.15) is 0 Å². The van der Waals surface area contributed by atoms with E-state index in [2.05, 4.69) is 25.4 Å². The fourth-order valence-electron chi connectivity index (χ4n) is 2.68. The number of carboxylic acids is 3. The van der Waals surface area contributed by atoms with Gasteiger partial charge in [0.2, 0.25) is 5.91 Å². The van der Waals surface area contributed by atoms with Gasteiger partial charge in [0.15, 0.2) is 0 Å². The zero-order valence-electron chi connectivity index (χ0n) is 26.6. The number of esters is 2. The first-order chi connectivity index (χ1) is 20.6. The van der Waals surface area contributed by atoms with Crippen LogP contribution in [-0.2, 0) is 38.2 Å². The van der Waals surface area contributed by atoms with Crippen LogP contribution in [0.1, 0.15) is 92.9 Å². The number of carbonyl (C=O) groups excluding carboxylic acids is 3. The Morgan fingerprint density at radius 2 is 1.16 bits per heavy atom. The first-order valence-electron chi connectivity index (χ1n) is 13.8. The molecule has 6 N–H and O–H groups in total. The molecule has 0 aliphatic carbocycles. The third-order valence-corrected chi connectivity index (χ3v) is 4.49. The normalized spacial score (nSPS) is 11.6. The molecule has 0 fully saturated rings. The highest BCUT2D eigenvalue weighted by Gasteiger charge is 2.26. The number of hydrogen-bond acceptors (Lipinski definition) is 11. The smallest absolute Gasteiger partial charge is 0.326 e. The van der Waals surface area contributed by atoms with Crippen LogP contribution in [-0.4, -0.2) is 87.4 Å². The summed E-state index contributed by atoms with van der Waals surface area (Å²) in [5, 5.41) is 34.5. The molecule has 0 saturated carbocycles. The molecule has 0 aromatic heterocycles. The molecule has 0 rings (SSSR count). The molecule has 45 heavy (non-hydrogen) atoms. The second-order valence-electron chi connectivity index (χ2n) is 11.2. The summed E-state index contributed by atoms with van der Waals surface area (Å²) in [6, 6.07) is -2.51. The third kappa shape index (κ3) is 35.5. The molecule has 19 heteroatoms. The minimum absolute atomic E-state index is 0.0963. The van der Waals surface area contributed by atoms with Crippen LogP contribution < -0.4 is 11.1 Å². The number of carboxylic acid groups (broad SMARTS) is 3. The van der Waals surface area contributed by atoms with Crippen LogP contribution in [0.3, 0.4) is 0 Å². The summed E-state index contributed by atoms with van der Waals surface area (Å²) in [5.74, 6) is -5.07. The first-order valence-corrected chi connectivity index (χ1v) is 13.8. The van der Waals surface area contributed by atoms with E-state index >= 15 is 0 Å². The number of amides is 1. The van der Waals surface area contributed by atoms with Crippen LogP contribution in [0.4, 0.5) is 0 Å². The summed E-state index contributed by atoms with van der Waals surface area (Å²) in [6.45, 7) is 10.8. The van der Waals surface area contributed by atoms with Crippen molar-refractivity contribution in [1.82, 2.24) is 5.32 Å². The van der Waals surface area contributed by atoms with Gasteiger partial charge in [-0.25, -0.2) is 4.79 Å². The number of ether oxygens (including phenoxy) is 2. The maximum Gasteiger partial charge on any atom is 0.326 e. The Labute approximate surface area is 261 Å². The van der Waals surface area contributed by atoms with Crippen molar-refractivity contribution in [2.75, 3.05) is 13.1 Å². The molecule has 0 aliphatic rings. The van der Waals surface area contributed by atoms with Crippen molar-refractivity contribution in [3.05, 3.63) is 20.9 Å². The average Bonchev–Trinajstić information content (AvgIpc) is 2.86. The summed E-state index contributed by atoms with van der Waals surface area (Å²) in [6.07, 6.45) is 1.74. The molecule has 0 radical (unpaired) electrons. The summed E-state index contributed by atoms with van der Waals surface area (Å²) < 4.78 is 9.90. The van der Waals surface area contributed by atoms with Crippen LogP contribution >= 0.6 is 0 Å². The van der Waals surface area contributed by atoms with E-state index in [0.717, 1.165) is 0 Å². The van der Waals surface area contributed by atoms with Gasteiger partial charge in [0, 0.05) is 35.8 Å². The van der Waals surface area contributed by atoms with Crippen LogP contribution in [0.25, 0.3) is 20.9 Å². The first kappa shape index (κ1) is 44.8. The maximum absolute atomic E-state index is 11.6. The van der Waals surface area contributed by atoms with Crippen molar-refractivity contribution in [2.24, 2.45) is 16.0 Å². The Kier molecular flexibility index (Phi) is 24.7. The SMILES string of the molecule is CC(C)(C)OC(=O)C[C@H](N)C(=O)O.CC(C)(C)OC(=O)C[C@H](NC(=O)CCCCN=[N+]=[N-])C(=O)O.[N-]=[N+]=NCCCCC(=O)O. The minimum atomic E-state index is -1.32. The van der Waals surface area contributed by atoms with Gasteiger partial charge < -0.3 is 35.8 Å². The maximum atomic E-state index is 11.6. The zero-order chi connectivity index (χ0) is 35.6. The van der Waals surface area contributed by atoms with Crippen LogP contribution in [0.5, 0.6) is 0 Å². The number of carbonyl (C=O) groups is 6. The lowest BCUT2D eigenvalue weighted by Gasteiger charge is -2.21. The highest BCUT2D eigenvalue weighted by molar-refractivity contribution is 5.87. The molecule has 256 valence electrons. The van der Waals surface area contributed by atoms with Gasteiger partial charge in [0.1, 0.15) is 23.3 Å². The number of hydrogen-bond donors (Lipinski definition) is 5. The van der Waals surface area contributed by atoms with Gasteiger partial charge in [-0.05, 0) is 78.3 Å². The molecule has 0 spiro atoms. The fraction of sp³-hybridized carbons (Fsp3) is 0.769. The Hall–Kier alpha value is -4.60. The second-order valence-corrected chi connectivity index (χ2v) is 11.2. The van der Waals surface area contributed by atoms with E-state index in [-0.39, 0.29) is 25.8 Å². The number of nitrogens with one attached hydrogen (secondary N) is 1. The van der Waals surface area contributed by atoms with Gasteiger partial charge >= 0.3 is 29.8 Å². The Morgan fingerprint density at radius 1 is 0.733 bits per heavy atom. The van der Waals surface area contributed by atoms with Gasteiger partial charge in [-0.15, -0.1) is 0 Å². The number of azide groups is 2. The summed E-state index contributed by atoms with van der Waals surface area (Å²) in [7, 11) is 0. The monoisotopic (exact) mass is 646 g/mol. The minimum Gasteiger partial charge on any atom is -0.481 e. The zero-order valence-corrected chi connectivity index (χ0v) is 26.6. The van der Waals surface area contributed by atoms with Crippen molar-refractivity contribution in [1.29, 1.82) is 0 Å². The van der Waals surface area contributed by atoms with Crippen molar-refractivity contribution >= 4 is 35.8 Å². The van der Waals surface area contributed by atoms with Gasteiger partial charge in [0.05, 0.1) is 12.8 Å².